The molecule has 6 heteroatoms. The SMILES string of the molecule is COc1cccc(NC(=O)c2cccc(NC(=O)[C@H](C)N3CCCC3)c2)c1. The van der Waals surface area contributed by atoms with E-state index in [0.29, 0.717) is 22.7 Å². The molecule has 27 heavy (non-hydrogen) atoms. The van der Waals surface area contributed by atoms with Crippen molar-refractivity contribution in [1.29, 1.82) is 0 Å². The van der Waals surface area contributed by atoms with Crippen LogP contribution in [0, 0.1) is 0 Å². The molecule has 1 aliphatic heterocycles. The van der Waals surface area contributed by atoms with E-state index in [9.17, 15) is 9.59 Å². The highest BCUT2D eigenvalue weighted by atomic mass is 16.5. The van der Waals surface area contributed by atoms with Gasteiger partial charge in [0.25, 0.3) is 5.91 Å². The summed E-state index contributed by atoms with van der Waals surface area (Å²) in [4.78, 5) is 27.2. The molecule has 1 atom stereocenters. The summed E-state index contributed by atoms with van der Waals surface area (Å²) in [5.41, 5.74) is 1.74. The predicted octanol–water partition coefficient (Wildman–Crippen LogP) is 3.37. The first-order chi connectivity index (χ1) is 13.1. The number of carbonyl (C=O) groups is 2. The molecule has 1 heterocycles. The molecule has 1 fully saturated rings. The number of methoxy groups -OCH3 is 1. The summed E-state index contributed by atoms with van der Waals surface area (Å²) < 4.78 is 5.17. The molecule has 1 aliphatic rings. The first-order valence-electron chi connectivity index (χ1n) is 9.17. The molecule has 0 radical (unpaired) electrons. The highest BCUT2D eigenvalue weighted by Crippen LogP contribution is 2.19. The van der Waals surface area contributed by atoms with Crippen molar-refractivity contribution < 1.29 is 14.3 Å². The third kappa shape index (κ3) is 4.86. The third-order valence-corrected chi connectivity index (χ3v) is 4.79. The van der Waals surface area contributed by atoms with E-state index in [2.05, 4.69) is 15.5 Å². The number of amides is 2. The van der Waals surface area contributed by atoms with Gasteiger partial charge in [0, 0.05) is 23.0 Å². The van der Waals surface area contributed by atoms with Crippen LogP contribution in [0.4, 0.5) is 11.4 Å². The van der Waals surface area contributed by atoms with Gasteiger partial charge in [0.1, 0.15) is 5.75 Å². The van der Waals surface area contributed by atoms with Crippen LogP contribution in [0.3, 0.4) is 0 Å². The van der Waals surface area contributed by atoms with Crippen LogP contribution in [0.1, 0.15) is 30.1 Å². The first kappa shape index (κ1) is 18.9. The fraction of sp³-hybridized carbons (Fsp3) is 0.333. The molecule has 2 amide bonds. The van der Waals surface area contributed by atoms with Crippen LogP contribution >= 0.6 is 0 Å². The molecular formula is C21H25N3O3. The van der Waals surface area contributed by atoms with Gasteiger partial charge in [-0.3, -0.25) is 14.5 Å². The Bertz CT molecular complexity index is 816. The Morgan fingerprint density at radius 3 is 2.37 bits per heavy atom. The van der Waals surface area contributed by atoms with Gasteiger partial charge in [-0.2, -0.15) is 0 Å². The van der Waals surface area contributed by atoms with Crippen LogP contribution in [-0.4, -0.2) is 43.0 Å². The van der Waals surface area contributed by atoms with E-state index in [1.165, 1.54) is 0 Å². The van der Waals surface area contributed by atoms with Crippen molar-refractivity contribution >= 4 is 23.2 Å². The fourth-order valence-corrected chi connectivity index (χ4v) is 3.18. The van der Waals surface area contributed by atoms with E-state index in [4.69, 9.17) is 4.74 Å². The summed E-state index contributed by atoms with van der Waals surface area (Å²) in [6, 6.07) is 13.9. The summed E-state index contributed by atoms with van der Waals surface area (Å²) in [6.45, 7) is 3.83. The number of benzene rings is 2. The smallest absolute Gasteiger partial charge is 0.255 e. The normalized spacial score (nSPS) is 15.2. The van der Waals surface area contributed by atoms with Crippen molar-refractivity contribution in [3.8, 4) is 5.75 Å². The molecule has 0 unspecified atom stereocenters. The zero-order valence-electron chi connectivity index (χ0n) is 15.7. The number of hydrogen-bond donors (Lipinski definition) is 2. The second kappa shape index (κ2) is 8.68. The summed E-state index contributed by atoms with van der Waals surface area (Å²) in [5.74, 6) is 0.374. The van der Waals surface area contributed by atoms with E-state index in [1.54, 1.807) is 43.5 Å². The fourth-order valence-electron chi connectivity index (χ4n) is 3.18. The lowest BCUT2D eigenvalue weighted by atomic mass is 10.1. The number of nitrogens with one attached hydrogen (secondary N) is 2. The van der Waals surface area contributed by atoms with Gasteiger partial charge in [-0.05, 0) is 63.2 Å². The number of ether oxygens (including phenoxy) is 1. The zero-order valence-corrected chi connectivity index (χ0v) is 15.7. The minimum absolute atomic E-state index is 0.0535. The molecule has 0 spiro atoms. The second-order valence-corrected chi connectivity index (χ2v) is 6.68. The Kier molecular flexibility index (Phi) is 6.08. The van der Waals surface area contributed by atoms with Gasteiger partial charge in [0.2, 0.25) is 5.91 Å². The van der Waals surface area contributed by atoms with Crippen molar-refractivity contribution in [2.24, 2.45) is 0 Å². The number of anilines is 2. The summed E-state index contributed by atoms with van der Waals surface area (Å²) in [6.07, 6.45) is 2.27. The molecule has 1 saturated heterocycles. The largest absolute Gasteiger partial charge is 0.497 e. The van der Waals surface area contributed by atoms with Crippen LogP contribution in [0.5, 0.6) is 5.75 Å². The molecule has 2 aromatic rings. The lowest BCUT2D eigenvalue weighted by Crippen LogP contribution is -2.40. The van der Waals surface area contributed by atoms with Crippen LogP contribution in [0.25, 0.3) is 0 Å². The molecule has 0 aliphatic carbocycles. The Morgan fingerprint density at radius 2 is 1.67 bits per heavy atom. The van der Waals surface area contributed by atoms with E-state index >= 15 is 0 Å². The molecular weight excluding hydrogens is 342 g/mol. The summed E-state index contributed by atoms with van der Waals surface area (Å²) in [7, 11) is 1.58. The first-order valence-corrected chi connectivity index (χ1v) is 9.17. The van der Waals surface area contributed by atoms with Crippen molar-refractivity contribution in [2.45, 2.75) is 25.8 Å². The Morgan fingerprint density at radius 1 is 1.00 bits per heavy atom. The van der Waals surface area contributed by atoms with Gasteiger partial charge in [-0.25, -0.2) is 0 Å². The van der Waals surface area contributed by atoms with Gasteiger partial charge in [-0.15, -0.1) is 0 Å². The van der Waals surface area contributed by atoms with Gasteiger partial charge >= 0.3 is 0 Å². The molecule has 0 aromatic heterocycles. The predicted molar refractivity (Wildman–Crippen MR) is 106 cm³/mol. The molecule has 2 aromatic carbocycles. The summed E-state index contributed by atoms with van der Waals surface area (Å²) in [5, 5.41) is 5.76. The Labute approximate surface area is 159 Å². The average molecular weight is 367 g/mol. The molecule has 3 rings (SSSR count). The third-order valence-electron chi connectivity index (χ3n) is 4.79. The van der Waals surface area contributed by atoms with Crippen molar-refractivity contribution in [1.82, 2.24) is 4.90 Å². The molecule has 2 N–H and O–H groups in total. The van der Waals surface area contributed by atoms with Gasteiger partial charge in [-0.1, -0.05) is 12.1 Å². The number of hydrogen-bond acceptors (Lipinski definition) is 4. The Balaban J connectivity index is 1.65. The van der Waals surface area contributed by atoms with Crippen molar-refractivity contribution in [2.75, 3.05) is 30.8 Å². The lowest BCUT2D eigenvalue weighted by molar-refractivity contribution is -0.120. The van der Waals surface area contributed by atoms with E-state index < -0.39 is 0 Å². The number of carbonyl (C=O) groups excluding carboxylic acids is 2. The zero-order chi connectivity index (χ0) is 19.2. The van der Waals surface area contributed by atoms with Crippen molar-refractivity contribution in [3.63, 3.8) is 0 Å². The molecule has 6 nitrogen and oxygen atoms in total. The van der Waals surface area contributed by atoms with Gasteiger partial charge in [0.05, 0.1) is 13.2 Å². The number of rotatable bonds is 6. The maximum atomic E-state index is 12.5. The van der Waals surface area contributed by atoms with Crippen LogP contribution < -0.4 is 15.4 Å². The number of nitrogens with zero attached hydrogens (tertiary/aromatic N) is 1. The van der Waals surface area contributed by atoms with E-state index in [0.717, 1.165) is 25.9 Å². The molecule has 142 valence electrons. The maximum Gasteiger partial charge on any atom is 0.255 e. The molecule has 0 bridgehead atoms. The summed E-state index contributed by atoms with van der Waals surface area (Å²) >= 11 is 0. The van der Waals surface area contributed by atoms with Gasteiger partial charge in [0.15, 0.2) is 0 Å². The van der Waals surface area contributed by atoms with Crippen LogP contribution in [0.15, 0.2) is 48.5 Å². The molecule has 0 saturated carbocycles. The quantitative estimate of drug-likeness (QED) is 0.821. The van der Waals surface area contributed by atoms with Crippen molar-refractivity contribution in [3.05, 3.63) is 54.1 Å². The lowest BCUT2D eigenvalue weighted by Gasteiger charge is -2.22. The Hall–Kier alpha value is -2.86. The topological polar surface area (TPSA) is 70.7 Å². The second-order valence-electron chi connectivity index (χ2n) is 6.68. The maximum absolute atomic E-state index is 12.5. The van der Waals surface area contributed by atoms with Gasteiger partial charge < -0.3 is 15.4 Å². The highest BCUT2D eigenvalue weighted by Gasteiger charge is 2.24. The average Bonchev–Trinajstić information content (AvgIpc) is 3.22. The minimum atomic E-state index is -0.244. The van der Waals surface area contributed by atoms with E-state index in [-0.39, 0.29) is 17.9 Å². The monoisotopic (exact) mass is 367 g/mol. The minimum Gasteiger partial charge on any atom is -0.497 e. The standard InChI is InChI=1S/C21H25N3O3/c1-15(24-11-3-4-12-24)20(25)22-17-8-5-7-16(13-17)21(26)23-18-9-6-10-19(14-18)27-2/h5-10,13-15H,3-4,11-12H2,1-2H3,(H,22,25)(H,23,26)/t15-/m0/s1. The number of likely N-dealkylation sites (tertiary alicyclic amines) is 1. The van der Waals surface area contributed by atoms with Crippen LogP contribution in [-0.2, 0) is 4.79 Å². The van der Waals surface area contributed by atoms with Crippen LogP contribution in [0.2, 0.25) is 0 Å². The highest BCUT2D eigenvalue weighted by molar-refractivity contribution is 6.05. The van der Waals surface area contributed by atoms with E-state index in [1.807, 2.05) is 19.1 Å².